The van der Waals surface area contributed by atoms with Gasteiger partial charge >= 0.3 is 0 Å². The Kier molecular flexibility index (Phi) is 3.60. The number of amides is 3. The van der Waals surface area contributed by atoms with E-state index in [1.807, 2.05) is 31.2 Å². The van der Waals surface area contributed by atoms with E-state index in [1.165, 1.54) is 6.20 Å². The number of aromatic nitrogens is 1. The van der Waals surface area contributed by atoms with E-state index in [4.69, 9.17) is 0 Å². The summed E-state index contributed by atoms with van der Waals surface area (Å²) in [6.45, 7) is 2.07. The van der Waals surface area contributed by atoms with Crippen LogP contribution in [0.5, 0.6) is 0 Å². The van der Waals surface area contributed by atoms with Crippen LogP contribution >= 0.6 is 0 Å². The van der Waals surface area contributed by atoms with E-state index in [2.05, 4.69) is 4.98 Å². The van der Waals surface area contributed by atoms with E-state index in [-0.39, 0.29) is 36.5 Å². The molecule has 6 heteroatoms. The Morgan fingerprint density at radius 2 is 1.96 bits per heavy atom. The molecule has 0 saturated heterocycles. The smallest absolute Gasteiger partial charge is 0.280 e. The highest BCUT2D eigenvalue weighted by Crippen LogP contribution is 2.32. The molecule has 2 aliphatic rings. The third-order valence-corrected chi connectivity index (χ3v) is 4.76. The summed E-state index contributed by atoms with van der Waals surface area (Å²) in [7, 11) is 0. The number of anilines is 1. The van der Waals surface area contributed by atoms with Crippen LogP contribution in [0.1, 0.15) is 39.8 Å². The van der Waals surface area contributed by atoms with Gasteiger partial charge in [-0.25, -0.2) is 0 Å². The van der Waals surface area contributed by atoms with Gasteiger partial charge in [-0.05, 0) is 37.1 Å². The summed E-state index contributed by atoms with van der Waals surface area (Å²) >= 11 is 0. The number of benzene rings is 1. The SMILES string of the molecule is CC1Cc2ccccc2N1C(=O)CCN1C(=O)c2cccnc2C1=O. The highest BCUT2D eigenvalue weighted by atomic mass is 16.2. The molecular weight excluding hydrogens is 318 g/mol. The zero-order chi connectivity index (χ0) is 17.6. The number of fused-ring (bicyclic) bond motifs is 2. The minimum atomic E-state index is -0.428. The molecule has 4 rings (SSSR count). The zero-order valence-electron chi connectivity index (χ0n) is 13.8. The maximum atomic E-state index is 12.7. The predicted molar refractivity (Wildman–Crippen MR) is 91.3 cm³/mol. The average Bonchev–Trinajstić information content (AvgIpc) is 3.08. The minimum absolute atomic E-state index is 0.0677. The van der Waals surface area contributed by atoms with Crippen molar-refractivity contribution in [1.82, 2.24) is 9.88 Å². The number of hydrogen-bond acceptors (Lipinski definition) is 4. The van der Waals surface area contributed by atoms with Crippen molar-refractivity contribution >= 4 is 23.4 Å². The molecule has 2 aromatic rings. The highest BCUT2D eigenvalue weighted by Gasteiger charge is 2.37. The quantitative estimate of drug-likeness (QED) is 0.805. The van der Waals surface area contributed by atoms with Crippen LogP contribution in [0.3, 0.4) is 0 Å². The molecule has 0 N–H and O–H groups in total. The molecule has 6 nitrogen and oxygen atoms in total. The lowest BCUT2D eigenvalue weighted by Gasteiger charge is -2.23. The summed E-state index contributed by atoms with van der Waals surface area (Å²) in [5.74, 6) is -0.888. The van der Waals surface area contributed by atoms with Crippen molar-refractivity contribution < 1.29 is 14.4 Å². The summed E-state index contributed by atoms with van der Waals surface area (Å²) in [4.78, 5) is 44.3. The summed E-state index contributed by atoms with van der Waals surface area (Å²) in [6, 6.07) is 11.1. The first-order chi connectivity index (χ1) is 12.1. The molecule has 1 aromatic heterocycles. The molecule has 0 saturated carbocycles. The van der Waals surface area contributed by atoms with Crippen LogP contribution < -0.4 is 4.90 Å². The molecular formula is C19H17N3O3. The number of nitrogens with zero attached hydrogens (tertiary/aromatic N) is 3. The lowest BCUT2D eigenvalue weighted by molar-refractivity contribution is -0.119. The lowest BCUT2D eigenvalue weighted by atomic mass is 10.1. The van der Waals surface area contributed by atoms with Crippen molar-refractivity contribution in [2.45, 2.75) is 25.8 Å². The Hall–Kier alpha value is -3.02. The molecule has 0 spiro atoms. The van der Waals surface area contributed by atoms with Gasteiger partial charge in [-0.1, -0.05) is 18.2 Å². The van der Waals surface area contributed by atoms with Gasteiger partial charge in [-0.15, -0.1) is 0 Å². The van der Waals surface area contributed by atoms with Gasteiger partial charge in [0.15, 0.2) is 0 Å². The Morgan fingerprint density at radius 1 is 1.16 bits per heavy atom. The van der Waals surface area contributed by atoms with Crippen LogP contribution in [0, 0.1) is 0 Å². The first kappa shape index (κ1) is 15.5. The van der Waals surface area contributed by atoms with Crippen LogP contribution in [-0.4, -0.2) is 40.2 Å². The second-order valence-electron chi connectivity index (χ2n) is 6.36. The van der Waals surface area contributed by atoms with Gasteiger partial charge in [0.05, 0.1) is 5.56 Å². The van der Waals surface area contributed by atoms with Crippen molar-refractivity contribution in [2.24, 2.45) is 0 Å². The van der Waals surface area contributed by atoms with Crippen molar-refractivity contribution in [3.63, 3.8) is 0 Å². The fraction of sp³-hybridized carbons (Fsp3) is 0.263. The second-order valence-corrected chi connectivity index (χ2v) is 6.36. The van der Waals surface area contributed by atoms with Gasteiger partial charge in [0.1, 0.15) is 5.69 Å². The molecule has 1 aromatic carbocycles. The van der Waals surface area contributed by atoms with E-state index >= 15 is 0 Å². The fourth-order valence-corrected chi connectivity index (χ4v) is 3.59. The van der Waals surface area contributed by atoms with E-state index < -0.39 is 5.91 Å². The second kappa shape index (κ2) is 5.81. The maximum absolute atomic E-state index is 12.7. The van der Waals surface area contributed by atoms with Gasteiger partial charge in [0.2, 0.25) is 5.91 Å². The van der Waals surface area contributed by atoms with Crippen molar-refractivity contribution in [3.05, 3.63) is 59.4 Å². The Morgan fingerprint density at radius 3 is 2.76 bits per heavy atom. The van der Waals surface area contributed by atoms with E-state index in [9.17, 15) is 14.4 Å². The number of carbonyl (C=O) groups excluding carboxylic acids is 3. The molecule has 1 unspecified atom stereocenters. The summed E-state index contributed by atoms with van der Waals surface area (Å²) in [5, 5.41) is 0. The first-order valence-corrected chi connectivity index (χ1v) is 8.29. The largest absolute Gasteiger partial charge is 0.309 e. The fourth-order valence-electron chi connectivity index (χ4n) is 3.59. The van der Waals surface area contributed by atoms with Crippen molar-refractivity contribution in [3.8, 4) is 0 Å². The van der Waals surface area contributed by atoms with Crippen LogP contribution in [0.2, 0.25) is 0 Å². The molecule has 1 atom stereocenters. The Bertz CT molecular complexity index is 858. The summed E-state index contributed by atoms with van der Waals surface area (Å²) in [5.41, 5.74) is 2.54. The standard InChI is InChI=1S/C19H17N3O3/c1-12-11-13-5-2-3-7-15(13)22(12)16(23)8-10-21-18(24)14-6-4-9-20-17(14)19(21)25/h2-7,9,12H,8,10-11H2,1H3. The van der Waals surface area contributed by atoms with Crippen LogP contribution in [-0.2, 0) is 11.2 Å². The summed E-state index contributed by atoms with van der Waals surface area (Å²) in [6.07, 6.45) is 2.41. The number of carbonyl (C=O) groups is 3. The number of imide groups is 1. The van der Waals surface area contributed by atoms with Crippen molar-refractivity contribution in [2.75, 3.05) is 11.4 Å². The van der Waals surface area contributed by atoms with Gasteiger partial charge < -0.3 is 4.90 Å². The van der Waals surface area contributed by atoms with E-state index in [0.29, 0.717) is 5.56 Å². The van der Waals surface area contributed by atoms with Crippen LogP contribution in [0.4, 0.5) is 5.69 Å². The third-order valence-electron chi connectivity index (χ3n) is 4.76. The van der Waals surface area contributed by atoms with Gasteiger partial charge in [-0.2, -0.15) is 0 Å². The molecule has 25 heavy (non-hydrogen) atoms. The zero-order valence-corrected chi connectivity index (χ0v) is 13.8. The van der Waals surface area contributed by atoms with Crippen LogP contribution in [0.25, 0.3) is 0 Å². The topological polar surface area (TPSA) is 70.6 Å². The van der Waals surface area contributed by atoms with Crippen molar-refractivity contribution in [1.29, 1.82) is 0 Å². The molecule has 0 aliphatic carbocycles. The third kappa shape index (κ3) is 2.41. The first-order valence-electron chi connectivity index (χ1n) is 8.29. The normalized spacial score (nSPS) is 18.5. The number of pyridine rings is 1. The highest BCUT2D eigenvalue weighted by molar-refractivity contribution is 6.20. The van der Waals surface area contributed by atoms with Gasteiger partial charge in [0, 0.05) is 30.9 Å². The Labute approximate surface area is 145 Å². The molecule has 0 bridgehead atoms. The average molecular weight is 335 g/mol. The van der Waals surface area contributed by atoms with Gasteiger partial charge in [0.25, 0.3) is 11.8 Å². The molecule has 2 aliphatic heterocycles. The molecule has 3 heterocycles. The molecule has 0 fully saturated rings. The Balaban J connectivity index is 1.49. The number of hydrogen-bond donors (Lipinski definition) is 0. The predicted octanol–water partition coefficient (Wildman–Crippen LogP) is 2.05. The monoisotopic (exact) mass is 335 g/mol. The van der Waals surface area contributed by atoms with Gasteiger partial charge in [-0.3, -0.25) is 24.3 Å². The summed E-state index contributed by atoms with van der Waals surface area (Å²) < 4.78 is 0. The van der Waals surface area contributed by atoms with E-state index in [0.717, 1.165) is 22.6 Å². The number of rotatable bonds is 3. The molecule has 0 radical (unpaired) electrons. The van der Waals surface area contributed by atoms with Crippen LogP contribution in [0.15, 0.2) is 42.6 Å². The molecule has 126 valence electrons. The van der Waals surface area contributed by atoms with E-state index in [1.54, 1.807) is 17.0 Å². The molecule has 3 amide bonds. The number of para-hydroxylation sites is 1. The maximum Gasteiger partial charge on any atom is 0.280 e. The lowest BCUT2D eigenvalue weighted by Crippen LogP contribution is -2.39. The minimum Gasteiger partial charge on any atom is -0.309 e.